The molecule has 3 unspecified atom stereocenters. The highest BCUT2D eigenvalue weighted by Gasteiger charge is 2.32. The predicted octanol–water partition coefficient (Wildman–Crippen LogP) is 0.686. The molecule has 0 saturated carbocycles. The van der Waals surface area contributed by atoms with Gasteiger partial charge < -0.3 is 19.7 Å². The first kappa shape index (κ1) is 14.6. The summed E-state index contributed by atoms with van der Waals surface area (Å²) >= 11 is 0. The topological polar surface area (TPSA) is 82.8 Å². The van der Waals surface area contributed by atoms with Gasteiger partial charge in [0.05, 0.1) is 12.2 Å². The van der Waals surface area contributed by atoms with Crippen LogP contribution in [0.2, 0.25) is 0 Å². The highest BCUT2D eigenvalue weighted by molar-refractivity contribution is 5.89. The smallest absolute Gasteiger partial charge is 0.225 e. The molecule has 1 aliphatic heterocycles. The van der Waals surface area contributed by atoms with Crippen molar-refractivity contribution in [1.29, 1.82) is 0 Å². The highest BCUT2D eigenvalue weighted by atomic mass is 16.4. The normalized spacial score (nSPS) is 21.9. The molecule has 2 heterocycles. The SMILES string of the molecule is CC(CC(O)c1ccco1)NC(=O)C1CC(=O)N(C)C1. The van der Waals surface area contributed by atoms with E-state index in [4.69, 9.17) is 4.42 Å². The number of hydrogen-bond acceptors (Lipinski definition) is 4. The number of aliphatic hydroxyl groups excluding tert-OH is 1. The van der Waals surface area contributed by atoms with Crippen molar-refractivity contribution in [3.63, 3.8) is 0 Å². The number of likely N-dealkylation sites (tertiary alicyclic amines) is 1. The Morgan fingerprint density at radius 1 is 1.65 bits per heavy atom. The lowest BCUT2D eigenvalue weighted by atomic mass is 10.1. The molecule has 0 aromatic carbocycles. The second-order valence-electron chi connectivity index (χ2n) is 5.35. The molecule has 110 valence electrons. The number of carbonyl (C=O) groups excluding carboxylic acids is 2. The molecular formula is C14H20N2O4. The average Bonchev–Trinajstić information content (AvgIpc) is 3.00. The van der Waals surface area contributed by atoms with Crippen molar-refractivity contribution < 1.29 is 19.1 Å². The van der Waals surface area contributed by atoms with Gasteiger partial charge in [0, 0.05) is 32.5 Å². The second kappa shape index (κ2) is 6.09. The molecule has 20 heavy (non-hydrogen) atoms. The summed E-state index contributed by atoms with van der Waals surface area (Å²) in [7, 11) is 1.69. The fraction of sp³-hybridized carbons (Fsp3) is 0.571. The zero-order valence-corrected chi connectivity index (χ0v) is 11.7. The van der Waals surface area contributed by atoms with E-state index < -0.39 is 6.10 Å². The van der Waals surface area contributed by atoms with E-state index in [-0.39, 0.29) is 30.2 Å². The second-order valence-corrected chi connectivity index (χ2v) is 5.35. The Morgan fingerprint density at radius 3 is 2.95 bits per heavy atom. The quantitative estimate of drug-likeness (QED) is 0.831. The summed E-state index contributed by atoms with van der Waals surface area (Å²) in [5, 5.41) is 12.8. The molecule has 2 amide bonds. The van der Waals surface area contributed by atoms with Crippen LogP contribution < -0.4 is 5.32 Å². The van der Waals surface area contributed by atoms with Crippen molar-refractivity contribution in [3.05, 3.63) is 24.2 Å². The van der Waals surface area contributed by atoms with Crippen molar-refractivity contribution in [1.82, 2.24) is 10.2 Å². The van der Waals surface area contributed by atoms with E-state index in [1.54, 1.807) is 24.1 Å². The third-order valence-electron chi connectivity index (χ3n) is 3.55. The van der Waals surface area contributed by atoms with Crippen molar-refractivity contribution in [2.45, 2.75) is 31.9 Å². The fourth-order valence-electron chi connectivity index (χ4n) is 2.39. The lowest BCUT2D eigenvalue weighted by molar-refractivity contribution is -0.128. The maximum absolute atomic E-state index is 12.0. The summed E-state index contributed by atoms with van der Waals surface area (Å²) in [4.78, 5) is 25.0. The van der Waals surface area contributed by atoms with E-state index in [1.165, 1.54) is 6.26 Å². The predicted molar refractivity (Wildman–Crippen MR) is 71.6 cm³/mol. The van der Waals surface area contributed by atoms with Gasteiger partial charge in [-0.2, -0.15) is 0 Å². The van der Waals surface area contributed by atoms with E-state index in [0.717, 1.165) is 0 Å². The first-order valence-electron chi connectivity index (χ1n) is 6.73. The summed E-state index contributed by atoms with van der Waals surface area (Å²) in [6.07, 6.45) is 1.39. The molecule has 0 bridgehead atoms. The number of amides is 2. The van der Waals surface area contributed by atoms with Crippen LogP contribution in [0.15, 0.2) is 22.8 Å². The van der Waals surface area contributed by atoms with Gasteiger partial charge in [-0.1, -0.05) is 0 Å². The summed E-state index contributed by atoms with van der Waals surface area (Å²) in [5.41, 5.74) is 0. The van der Waals surface area contributed by atoms with Gasteiger partial charge >= 0.3 is 0 Å². The first-order chi connectivity index (χ1) is 9.47. The van der Waals surface area contributed by atoms with E-state index in [0.29, 0.717) is 18.7 Å². The minimum absolute atomic E-state index is 0.00609. The van der Waals surface area contributed by atoms with Crippen LogP contribution in [-0.4, -0.2) is 41.5 Å². The van der Waals surface area contributed by atoms with Gasteiger partial charge in [-0.25, -0.2) is 0 Å². The standard InChI is InChI=1S/C14H20N2O4/c1-9(6-11(17)12-4-3-5-20-12)15-14(19)10-7-13(18)16(2)8-10/h3-5,9-11,17H,6-8H2,1-2H3,(H,15,19). The third-order valence-corrected chi connectivity index (χ3v) is 3.55. The molecule has 6 heteroatoms. The maximum Gasteiger partial charge on any atom is 0.225 e. The van der Waals surface area contributed by atoms with Crippen LogP contribution in [0, 0.1) is 5.92 Å². The summed E-state index contributed by atoms with van der Waals surface area (Å²) in [6, 6.07) is 3.22. The van der Waals surface area contributed by atoms with Crippen molar-refractivity contribution in [2.75, 3.05) is 13.6 Å². The van der Waals surface area contributed by atoms with E-state index in [1.807, 2.05) is 6.92 Å². The largest absolute Gasteiger partial charge is 0.467 e. The Labute approximate surface area is 117 Å². The molecule has 1 fully saturated rings. The van der Waals surface area contributed by atoms with E-state index in [2.05, 4.69) is 5.32 Å². The van der Waals surface area contributed by atoms with Gasteiger partial charge in [0.15, 0.2) is 0 Å². The molecule has 0 spiro atoms. The Balaban J connectivity index is 1.81. The lowest BCUT2D eigenvalue weighted by Crippen LogP contribution is -2.38. The van der Waals surface area contributed by atoms with Gasteiger partial charge in [-0.05, 0) is 19.1 Å². The van der Waals surface area contributed by atoms with Gasteiger partial charge in [0.25, 0.3) is 0 Å². The van der Waals surface area contributed by atoms with Gasteiger partial charge in [0.2, 0.25) is 11.8 Å². The molecule has 1 aliphatic rings. The zero-order chi connectivity index (χ0) is 14.7. The van der Waals surface area contributed by atoms with Crippen LogP contribution in [0.25, 0.3) is 0 Å². The monoisotopic (exact) mass is 280 g/mol. The number of furan rings is 1. The molecule has 2 N–H and O–H groups in total. The first-order valence-corrected chi connectivity index (χ1v) is 6.73. The Kier molecular flexibility index (Phi) is 4.44. The Bertz CT molecular complexity index is 472. The van der Waals surface area contributed by atoms with Crippen molar-refractivity contribution in [3.8, 4) is 0 Å². The molecule has 2 rings (SSSR count). The molecular weight excluding hydrogens is 260 g/mol. The van der Waals surface area contributed by atoms with Crippen LogP contribution in [0.3, 0.4) is 0 Å². The number of carbonyl (C=O) groups is 2. The van der Waals surface area contributed by atoms with Crippen LogP contribution >= 0.6 is 0 Å². The van der Waals surface area contributed by atoms with Crippen LogP contribution in [0.1, 0.15) is 31.6 Å². The summed E-state index contributed by atoms with van der Waals surface area (Å²) in [6.45, 7) is 2.28. The van der Waals surface area contributed by atoms with Crippen LogP contribution in [0.5, 0.6) is 0 Å². The summed E-state index contributed by atoms with van der Waals surface area (Å²) in [5.74, 6) is 0.0489. The lowest BCUT2D eigenvalue weighted by Gasteiger charge is -2.18. The number of aliphatic hydroxyl groups is 1. The summed E-state index contributed by atoms with van der Waals surface area (Å²) < 4.78 is 5.12. The van der Waals surface area contributed by atoms with Crippen molar-refractivity contribution >= 4 is 11.8 Å². The minimum Gasteiger partial charge on any atom is -0.467 e. The number of rotatable bonds is 5. The fourth-order valence-corrected chi connectivity index (χ4v) is 2.39. The average molecular weight is 280 g/mol. The van der Waals surface area contributed by atoms with Crippen LogP contribution in [-0.2, 0) is 9.59 Å². The Hall–Kier alpha value is -1.82. The third kappa shape index (κ3) is 3.39. The van der Waals surface area contributed by atoms with Gasteiger partial charge in [-0.15, -0.1) is 0 Å². The van der Waals surface area contributed by atoms with Crippen LogP contribution in [0.4, 0.5) is 0 Å². The number of nitrogens with zero attached hydrogens (tertiary/aromatic N) is 1. The molecule has 1 aromatic heterocycles. The van der Waals surface area contributed by atoms with Gasteiger partial charge in [-0.3, -0.25) is 9.59 Å². The van der Waals surface area contributed by atoms with Gasteiger partial charge in [0.1, 0.15) is 11.9 Å². The van der Waals surface area contributed by atoms with E-state index in [9.17, 15) is 14.7 Å². The molecule has 1 saturated heterocycles. The number of hydrogen-bond donors (Lipinski definition) is 2. The zero-order valence-electron chi connectivity index (χ0n) is 11.7. The molecule has 3 atom stereocenters. The number of nitrogens with one attached hydrogen (secondary N) is 1. The molecule has 1 aromatic rings. The highest BCUT2D eigenvalue weighted by Crippen LogP contribution is 2.20. The molecule has 0 radical (unpaired) electrons. The van der Waals surface area contributed by atoms with E-state index >= 15 is 0 Å². The van der Waals surface area contributed by atoms with Crippen molar-refractivity contribution in [2.24, 2.45) is 5.92 Å². The Morgan fingerprint density at radius 2 is 2.40 bits per heavy atom. The maximum atomic E-state index is 12.0. The molecule has 0 aliphatic carbocycles. The molecule has 6 nitrogen and oxygen atoms in total. The minimum atomic E-state index is -0.742.